The largest absolute Gasteiger partial charge is 0.477 e. The van der Waals surface area contributed by atoms with E-state index in [1.165, 1.54) is 6.07 Å². The Balaban J connectivity index is 1.95. The van der Waals surface area contributed by atoms with Gasteiger partial charge in [0, 0.05) is 13.1 Å². The van der Waals surface area contributed by atoms with Gasteiger partial charge in [-0.2, -0.15) is 0 Å². The molecule has 1 fully saturated rings. The molecule has 2 N–H and O–H groups in total. The molecular formula is C10H13N3O2. The van der Waals surface area contributed by atoms with Gasteiger partial charge in [0.1, 0.15) is 5.69 Å². The van der Waals surface area contributed by atoms with E-state index in [1.807, 2.05) is 0 Å². The fourth-order valence-corrected chi connectivity index (χ4v) is 1.63. The molecule has 5 nitrogen and oxygen atoms in total. The number of carboxylic acid groups (broad SMARTS) is 1. The van der Waals surface area contributed by atoms with Crippen LogP contribution in [-0.2, 0) is 0 Å². The van der Waals surface area contributed by atoms with Crippen molar-refractivity contribution in [2.24, 2.45) is 0 Å². The van der Waals surface area contributed by atoms with Crippen molar-refractivity contribution in [2.45, 2.75) is 6.04 Å². The summed E-state index contributed by atoms with van der Waals surface area (Å²) in [6.07, 6.45) is 1.56. The normalized spacial score (nSPS) is 17.1. The van der Waals surface area contributed by atoms with E-state index in [0.717, 1.165) is 18.8 Å². The van der Waals surface area contributed by atoms with Gasteiger partial charge in [-0.15, -0.1) is 0 Å². The lowest BCUT2D eigenvalue weighted by molar-refractivity contribution is 0.0690. The first-order chi connectivity index (χ1) is 7.15. The van der Waals surface area contributed by atoms with Crippen molar-refractivity contribution in [3.63, 3.8) is 0 Å². The molecule has 15 heavy (non-hydrogen) atoms. The Hall–Kier alpha value is -1.62. The molecular weight excluding hydrogens is 194 g/mol. The fourth-order valence-electron chi connectivity index (χ4n) is 1.63. The van der Waals surface area contributed by atoms with Gasteiger partial charge < -0.3 is 15.3 Å². The monoisotopic (exact) mass is 207 g/mol. The smallest absolute Gasteiger partial charge is 0.354 e. The summed E-state index contributed by atoms with van der Waals surface area (Å²) in [4.78, 5) is 16.6. The first-order valence-corrected chi connectivity index (χ1v) is 4.79. The SMILES string of the molecule is CN1CC(Nc2ccc(C(=O)O)nc2)C1. The summed E-state index contributed by atoms with van der Waals surface area (Å²) < 4.78 is 0. The molecule has 5 heteroatoms. The second-order valence-corrected chi connectivity index (χ2v) is 3.80. The second-order valence-electron chi connectivity index (χ2n) is 3.80. The van der Waals surface area contributed by atoms with Gasteiger partial charge in [0.25, 0.3) is 0 Å². The maximum absolute atomic E-state index is 10.6. The number of aromatic carboxylic acids is 1. The van der Waals surface area contributed by atoms with Crippen LogP contribution in [0.25, 0.3) is 0 Å². The van der Waals surface area contributed by atoms with Crippen molar-refractivity contribution in [1.29, 1.82) is 0 Å². The van der Waals surface area contributed by atoms with E-state index in [1.54, 1.807) is 12.3 Å². The van der Waals surface area contributed by atoms with Gasteiger partial charge in [-0.05, 0) is 19.2 Å². The zero-order valence-corrected chi connectivity index (χ0v) is 8.47. The Morgan fingerprint density at radius 3 is 2.80 bits per heavy atom. The highest BCUT2D eigenvalue weighted by atomic mass is 16.4. The molecule has 0 aliphatic carbocycles. The number of nitrogens with zero attached hydrogens (tertiary/aromatic N) is 2. The number of hydrogen-bond acceptors (Lipinski definition) is 4. The van der Waals surface area contributed by atoms with E-state index in [9.17, 15) is 4.79 Å². The quantitative estimate of drug-likeness (QED) is 0.755. The van der Waals surface area contributed by atoms with E-state index in [4.69, 9.17) is 5.11 Å². The predicted octanol–water partition coefficient (Wildman–Crippen LogP) is 0.506. The number of carbonyl (C=O) groups is 1. The van der Waals surface area contributed by atoms with Gasteiger partial charge in [-0.1, -0.05) is 0 Å². The first-order valence-electron chi connectivity index (χ1n) is 4.79. The minimum atomic E-state index is -0.995. The third-order valence-corrected chi connectivity index (χ3v) is 2.42. The lowest BCUT2D eigenvalue weighted by Crippen LogP contribution is -2.52. The Morgan fingerprint density at radius 1 is 1.60 bits per heavy atom. The molecule has 1 aliphatic rings. The molecule has 80 valence electrons. The molecule has 0 amide bonds. The minimum absolute atomic E-state index is 0.0753. The Kier molecular flexibility index (Phi) is 2.55. The van der Waals surface area contributed by atoms with Gasteiger partial charge in [0.2, 0.25) is 0 Å². The third kappa shape index (κ3) is 2.24. The summed E-state index contributed by atoms with van der Waals surface area (Å²) in [5, 5.41) is 11.9. The van der Waals surface area contributed by atoms with Crippen LogP contribution in [0.1, 0.15) is 10.5 Å². The summed E-state index contributed by atoms with van der Waals surface area (Å²) in [6.45, 7) is 2.03. The van der Waals surface area contributed by atoms with Crippen molar-refractivity contribution < 1.29 is 9.90 Å². The molecule has 0 atom stereocenters. The molecule has 1 aromatic rings. The van der Waals surface area contributed by atoms with Crippen LogP contribution in [0.2, 0.25) is 0 Å². The molecule has 0 spiro atoms. The van der Waals surface area contributed by atoms with Crippen molar-refractivity contribution >= 4 is 11.7 Å². The van der Waals surface area contributed by atoms with Crippen LogP contribution < -0.4 is 5.32 Å². The summed E-state index contributed by atoms with van der Waals surface area (Å²) >= 11 is 0. The zero-order chi connectivity index (χ0) is 10.8. The highest BCUT2D eigenvalue weighted by Crippen LogP contribution is 2.13. The number of carboxylic acids is 1. The molecule has 0 saturated carbocycles. The number of rotatable bonds is 3. The molecule has 1 aromatic heterocycles. The second kappa shape index (κ2) is 3.86. The number of nitrogens with one attached hydrogen (secondary N) is 1. The summed E-state index contributed by atoms with van der Waals surface area (Å²) in [5.74, 6) is -0.995. The Morgan fingerprint density at radius 2 is 2.33 bits per heavy atom. The van der Waals surface area contributed by atoms with Gasteiger partial charge in [0.15, 0.2) is 0 Å². The molecule has 0 aromatic carbocycles. The number of anilines is 1. The summed E-state index contributed by atoms with van der Waals surface area (Å²) in [6, 6.07) is 3.70. The van der Waals surface area contributed by atoms with Gasteiger partial charge in [-0.3, -0.25) is 0 Å². The van der Waals surface area contributed by atoms with Crippen LogP contribution in [0.3, 0.4) is 0 Å². The summed E-state index contributed by atoms with van der Waals surface area (Å²) in [7, 11) is 2.06. The molecule has 2 rings (SSSR count). The predicted molar refractivity (Wildman–Crippen MR) is 56.1 cm³/mol. The zero-order valence-electron chi connectivity index (χ0n) is 8.47. The van der Waals surface area contributed by atoms with Gasteiger partial charge in [0.05, 0.1) is 17.9 Å². The highest BCUT2D eigenvalue weighted by Gasteiger charge is 2.22. The fraction of sp³-hybridized carbons (Fsp3) is 0.400. The van der Waals surface area contributed by atoms with E-state index >= 15 is 0 Å². The van der Waals surface area contributed by atoms with Crippen molar-refractivity contribution in [1.82, 2.24) is 9.88 Å². The number of hydrogen-bond donors (Lipinski definition) is 2. The molecule has 0 unspecified atom stereocenters. The average molecular weight is 207 g/mol. The Bertz CT molecular complexity index is 357. The molecule has 0 bridgehead atoms. The first kappa shape index (κ1) is 9.92. The van der Waals surface area contributed by atoms with Crippen LogP contribution in [0, 0.1) is 0 Å². The highest BCUT2D eigenvalue weighted by molar-refractivity contribution is 5.85. The van der Waals surface area contributed by atoms with Crippen LogP contribution in [-0.4, -0.2) is 47.1 Å². The molecule has 1 saturated heterocycles. The van der Waals surface area contributed by atoms with Gasteiger partial charge >= 0.3 is 5.97 Å². The van der Waals surface area contributed by atoms with E-state index < -0.39 is 5.97 Å². The van der Waals surface area contributed by atoms with Crippen LogP contribution in [0.5, 0.6) is 0 Å². The molecule has 1 aliphatic heterocycles. The van der Waals surface area contributed by atoms with Gasteiger partial charge in [-0.25, -0.2) is 9.78 Å². The standard InChI is InChI=1S/C10H13N3O2/c1-13-5-8(6-13)12-7-2-3-9(10(14)15)11-4-7/h2-4,8,12H,5-6H2,1H3,(H,14,15). The number of likely N-dealkylation sites (N-methyl/N-ethyl adjacent to an activating group) is 1. The van der Waals surface area contributed by atoms with Crippen molar-refractivity contribution in [3.8, 4) is 0 Å². The van der Waals surface area contributed by atoms with E-state index in [2.05, 4.69) is 22.2 Å². The third-order valence-electron chi connectivity index (χ3n) is 2.42. The number of likely N-dealkylation sites (tertiary alicyclic amines) is 1. The van der Waals surface area contributed by atoms with Crippen LogP contribution in [0.15, 0.2) is 18.3 Å². The lowest BCUT2D eigenvalue weighted by atomic mass is 10.1. The van der Waals surface area contributed by atoms with E-state index in [-0.39, 0.29) is 5.69 Å². The maximum atomic E-state index is 10.6. The van der Waals surface area contributed by atoms with Crippen LogP contribution in [0.4, 0.5) is 5.69 Å². The molecule has 2 heterocycles. The number of pyridine rings is 1. The number of aromatic nitrogens is 1. The van der Waals surface area contributed by atoms with E-state index in [0.29, 0.717) is 6.04 Å². The summed E-state index contributed by atoms with van der Waals surface area (Å²) in [5.41, 5.74) is 0.948. The lowest BCUT2D eigenvalue weighted by Gasteiger charge is -2.37. The average Bonchev–Trinajstić information content (AvgIpc) is 2.16. The Labute approximate surface area is 87.7 Å². The van der Waals surface area contributed by atoms with Crippen LogP contribution >= 0.6 is 0 Å². The van der Waals surface area contributed by atoms with Crippen molar-refractivity contribution in [3.05, 3.63) is 24.0 Å². The molecule has 0 radical (unpaired) electrons. The topological polar surface area (TPSA) is 65.5 Å². The maximum Gasteiger partial charge on any atom is 0.354 e. The minimum Gasteiger partial charge on any atom is -0.477 e. The van der Waals surface area contributed by atoms with Crippen molar-refractivity contribution in [2.75, 3.05) is 25.5 Å².